The topological polar surface area (TPSA) is 23.9 Å². The summed E-state index contributed by atoms with van der Waals surface area (Å²) in [5.74, 6) is 0. The fourth-order valence-corrected chi connectivity index (χ4v) is 1.39. The number of rotatable bonds is 3. The lowest BCUT2D eigenvalue weighted by Crippen LogP contribution is -1.85. The number of aryl methyl sites for hydroxylation is 1. The molecule has 0 radical (unpaired) electrons. The molecule has 1 heteroatoms. The normalized spacial score (nSPS) is 12.0. The SMILES string of the molecule is C/C=C(\C=C/C=N)c1ccccc1C. The highest BCUT2D eigenvalue weighted by molar-refractivity contribution is 5.81. The van der Waals surface area contributed by atoms with Gasteiger partial charge in [-0.25, -0.2) is 0 Å². The Balaban J connectivity index is 3.08. The molecule has 1 rings (SSSR count). The molecule has 0 spiro atoms. The highest BCUT2D eigenvalue weighted by atomic mass is 14.3. The van der Waals surface area contributed by atoms with Crippen molar-refractivity contribution in [1.82, 2.24) is 0 Å². The van der Waals surface area contributed by atoms with Crippen molar-refractivity contribution in [3.63, 3.8) is 0 Å². The van der Waals surface area contributed by atoms with Crippen LogP contribution in [0.4, 0.5) is 0 Å². The lowest BCUT2D eigenvalue weighted by atomic mass is 10.0. The van der Waals surface area contributed by atoms with Gasteiger partial charge < -0.3 is 5.41 Å². The lowest BCUT2D eigenvalue weighted by molar-refractivity contribution is 1.42. The van der Waals surface area contributed by atoms with Crippen LogP contribution in [0.2, 0.25) is 0 Å². The zero-order valence-electron chi connectivity index (χ0n) is 8.62. The molecule has 72 valence electrons. The van der Waals surface area contributed by atoms with Crippen molar-refractivity contribution in [2.45, 2.75) is 13.8 Å². The highest BCUT2D eigenvalue weighted by Crippen LogP contribution is 2.19. The molecule has 1 N–H and O–H groups in total. The van der Waals surface area contributed by atoms with E-state index in [4.69, 9.17) is 5.41 Å². The molecule has 0 bridgehead atoms. The molecule has 0 aliphatic carbocycles. The second kappa shape index (κ2) is 5.18. The predicted octanol–water partition coefficient (Wildman–Crippen LogP) is 3.60. The van der Waals surface area contributed by atoms with Crippen LogP contribution in [0.5, 0.6) is 0 Å². The van der Waals surface area contributed by atoms with Crippen molar-refractivity contribution in [1.29, 1.82) is 5.41 Å². The van der Waals surface area contributed by atoms with Gasteiger partial charge in [-0.1, -0.05) is 36.4 Å². The molecule has 0 heterocycles. The second-order valence-corrected chi connectivity index (χ2v) is 3.08. The van der Waals surface area contributed by atoms with Crippen molar-refractivity contribution >= 4 is 11.8 Å². The van der Waals surface area contributed by atoms with E-state index in [0.717, 1.165) is 5.57 Å². The summed E-state index contributed by atoms with van der Waals surface area (Å²) >= 11 is 0. The van der Waals surface area contributed by atoms with E-state index in [2.05, 4.69) is 25.1 Å². The minimum absolute atomic E-state index is 1.16. The highest BCUT2D eigenvalue weighted by Gasteiger charge is 1.98. The average molecular weight is 185 g/mol. The summed E-state index contributed by atoms with van der Waals surface area (Å²) in [6.07, 6.45) is 7.04. The number of hydrogen-bond donors (Lipinski definition) is 1. The Labute approximate surface area is 85.3 Å². The summed E-state index contributed by atoms with van der Waals surface area (Å²) in [6, 6.07) is 8.26. The van der Waals surface area contributed by atoms with E-state index in [1.54, 1.807) is 6.08 Å². The van der Waals surface area contributed by atoms with Crippen molar-refractivity contribution in [3.05, 3.63) is 53.6 Å². The van der Waals surface area contributed by atoms with Gasteiger partial charge in [-0.3, -0.25) is 0 Å². The molecule has 0 amide bonds. The number of hydrogen-bond acceptors (Lipinski definition) is 1. The van der Waals surface area contributed by atoms with Crippen LogP contribution in [0.1, 0.15) is 18.1 Å². The van der Waals surface area contributed by atoms with Crippen LogP contribution in [-0.2, 0) is 0 Å². The van der Waals surface area contributed by atoms with Crippen LogP contribution in [0.25, 0.3) is 5.57 Å². The maximum atomic E-state index is 6.95. The Bertz CT molecular complexity index is 373. The molecule has 0 aliphatic heterocycles. The average Bonchev–Trinajstić information content (AvgIpc) is 2.21. The maximum Gasteiger partial charge on any atom is 0.0177 e. The van der Waals surface area contributed by atoms with Gasteiger partial charge in [0.05, 0.1) is 0 Å². The molecule has 0 atom stereocenters. The summed E-state index contributed by atoms with van der Waals surface area (Å²) < 4.78 is 0. The van der Waals surface area contributed by atoms with Gasteiger partial charge in [0, 0.05) is 6.21 Å². The van der Waals surface area contributed by atoms with Crippen LogP contribution in [0.15, 0.2) is 42.5 Å². The third-order valence-corrected chi connectivity index (χ3v) is 2.14. The van der Waals surface area contributed by atoms with Crippen molar-refractivity contribution in [2.24, 2.45) is 0 Å². The first kappa shape index (κ1) is 10.5. The third kappa shape index (κ3) is 2.43. The summed E-state index contributed by atoms with van der Waals surface area (Å²) in [5.41, 5.74) is 3.65. The van der Waals surface area contributed by atoms with Crippen LogP contribution in [0.3, 0.4) is 0 Å². The molecule has 1 aromatic carbocycles. The number of allylic oxidation sites excluding steroid dienone is 4. The molecule has 1 aromatic rings. The van der Waals surface area contributed by atoms with E-state index in [9.17, 15) is 0 Å². The lowest BCUT2D eigenvalue weighted by Gasteiger charge is -2.05. The van der Waals surface area contributed by atoms with E-state index in [-0.39, 0.29) is 0 Å². The monoisotopic (exact) mass is 185 g/mol. The Kier molecular flexibility index (Phi) is 3.86. The second-order valence-electron chi connectivity index (χ2n) is 3.08. The third-order valence-electron chi connectivity index (χ3n) is 2.14. The van der Waals surface area contributed by atoms with Crippen molar-refractivity contribution in [2.75, 3.05) is 0 Å². The van der Waals surface area contributed by atoms with Gasteiger partial charge in [0.2, 0.25) is 0 Å². The molecule has 1 nitrogen and oxygen atoms in total. The fourth-order valence-electron chi connectivity index (χ4n) is 1.39. The van der Waals surface area contributed by atoms with Gasteiger partial charge >= 0.3 is 0 Å². The van der Waals surface area contributed by atoms with Gasteiger partial charge in [0.15, 0.2) is 0 Å². The Morgan fingerprint density at radius 2 is 2.00 bits per heavy atom. The van der Waals surface area contributed by atoms with Gasteiger partial charge in [0.1, 0.15) is 0 Å². The Hall–Kier alpha value is -1.63. The van der Waals surface area contributed by atoms with Crippen molar-refractivity contribution in [3.8, 4) is 0 Å². The van der Waals surface area contributed by atoms with Crippen LogP contribution in [0, 0.1) is 12.3 Å². The largest absolute Gasteiger partial charge is 0.309 e. The summed E-state index contributed by atoms with van der Waals surface area (Å²) in [7, 11) is 0. The first-order valence-electron chi connectivity index (χ1n) is 4.69. The van der Waals surface area contributed by atoms with Gasteiger partial charge in [-0.05, 0) is 36.6 Å². The molecule has 14 heavy (non-hydrogen) atoms. The van der Waals surface area contributed by atoms with E-state index in [0.29, 0.717) is 0 Å². The smallest absolute Gasteiger partial charge is 0.0177 e. The summed E-state index contributed by atoms with van der Waals surface area (Å²) in [5, 5.41) is 6.95. The van der Waals surface area contributed by atoms with Gasteiger partial charge in [-0.2, -0.15) is 0 Å². The van der Waals surface area contributed by atoms with Crippen LogP contribution in [-0.4, -0.2) is 6.21 Å². The van der Waals surface area contributed by atoms with Crippen LogP contribution >= 0.6 is 0 Å². The minimum atomic E-state index is 1.16. The molecular weight excluding hydrogens is 170 g/mol. The molecule has 0 saturated heterocycles. The molecule has 0 unspecified atom stereocenters. The molecule has 0 fully saturated rings. The molecule has 0 aromatic heterocycles. The fraction of sp³-hybridized carbons (Fsp3) is 0.154. The molecule has 0 saturated carbocycles. The summed E-state index contributed by atoms with van der Waals surface area (Å²) in [6.45, 7) is 4.10. The Morgan fingerprint density at radius 3 is 2.57 bits per heavy atom. The van der Waals surface area contributed by atoms with E-state index in [1.165, 1.54) is 17.3 Å². The van der Waals surface area contributed by atoms with Gasteiger partial charge in [0.25, 0.3) is 0 Å². The molecule has 0 aliphatic rings. The van der Waals surface area contributed by atoms with E-state index < -0.39 is 0 Å². The minimum Gasteiger partial charge on any atom is -0.309 e. The quantitative estimate of drug-likeness (QED) is 0.549. The predicted molar refractivity (Wildman–Crippen MR) is 62.8 cm³/mol. The van der Waals surface area contributed by atoms with Gasteiger partial charge in [-0.15, -0.1) is 0 Å². The zero-order valence-corrected chi connectivity index (χ0v) is 8.62. The zero-order chi connectivity index (χ0) is 10.4. The number of benzene rings is 1. The molecular formula is C13H15N. The van der Waals surface area contributed by atoms with E-state index >= 15 is 0 Å². The first-order valence-corrected chi connectivity index (χ1v) is 4.69. The van der Waals surface area contributed by atoms with Crippen LogP contribution < -0.4 is 0 Å². The number of nitrogens with one attached hydrogen (secondary N) is 1. The summed E-state index contributed by atoms with van der Waals surface area (Å²) in [4.78, 5) is 0. The first-order chi connectivity index (χ1) is 6.79. The standard InChI is InChI=1S/C13H15N/c1-3-12(8-6-10-14)13-9-5-4-7-11(13)2/h3-10,14H,1-2H3/b8-6-,12-3+,14-10?. The van der Waals surface area contributed by atoms with Crippen molar-refractivity contribution < 1.29 is 0 Å². The van der Waals surface area contributed by atoms with E-state index in [1.807, 2.05) is 25.1 Å². The Morgan fingerprint density at radius 1 is 1.29 bits per heavy atom. The maximum absolute atomic E-state index is 6.95.